The van der Waals surface area contributed by atoms with Gasteiger partial charge in [-0.15, -0.1) is 0 Å². The van der Waals surface area contributed by atoms with Crippen molar-refractivity contribution in [1.82, 2.24) is 19.7 Å². The Morgan fingerprint density at radius 3 is 3.11 bits per heavy atom. The van der Waals surface area contributed by atoms with Gasteiger partial charge in [0.05, 0.1) is 37.0 Å². The second kappa shape index (κ2) is 6.74. The van der Waals surface area contributed by atoms with Crippen LogP contribution in [0.1, 0.15) is 24.1 Å². The summed E-state index contributed by atoms with van der Waals surface area (Å²) in [4.78, 5) is 23.8. The number of ether oxygens (including phenoxy) is 1. The van der Waals surface area contributed by atoms with Crippen LogP contribution in [-0.4, -0.2) is 38.9 Å². The Morgan fingerprint density at radius 2 is 2.15 bits per heavy atom. The highest BCUT2D eigenvalue weighted by molar-refractivity contribution is 5.89. The van der Waals surface area contributed by atoms with Crippen LogP contribution in [0.5, 0.6) is 0 Å². The van der Waals surface area contributed by atoms with Crippen molar-refractivity contribution < 1.29 is 4.74 Å². The highest BCUT2D eigenvalue weighted by atomic mass is 16.5. The second-order valence-electron chi connectivity index (χ2n) is 7.14. The zero-order valence-corrected chi connectivity index (χ0v) is 15.0. The van der Waals surface area contributed by atoms with Crippen LogP contribution in [0.3, 0.4) is 0 Å². The Balaban J connectivity index is 1.48. The summed E-state index contributed by atoms with van der Waals surface area (Å²) >= 11 is 0. The van der Waals surface area contributed by atoms with Crippen LogP contribution in [0.25, 0.3) is 10.9 Å². The minimum Gasteiger partial charge on any atom is -0.376 e. The summed E-state index contributed by atoms with van der Waals surface area (Å²) in [6, 6.07) is 9.94. The van der Waals surface area contributed by atoms with E-state index in [0.29, 0.717) is 19.8 Å². The molecule has 0 aliphatic carbocycles. The smallest absolute Gasteiger partial charge is 0.267 e. The third-order valence-electron chi connectivity index (χ3n) is 5.46. The van der Waals surface area contributed by atoms with E-state index in [-0.39, 0.29) is 11.6 Å². The van der Waals surface area contributed by atoms with Crippen molar-refractivity contribution in [1.29, 1.82) is 0 Å². The molecule has 2 aromatic heterocycles. The van der Waals surface area contributed by atoms with Gasteiger partial charge in [-0.3, -0.25) is 4.79 Å². The molecule has 7 heteroatoms. The molecule has 0 spiro atoms. The molecule has 1 aromatic carbocycles. The van der Waals surface area contributed by atoms with E-state index in [4.69, 9.17) is 4.74 Å². The zero-order chi connectivity index (χ0) is 18.2. The molecule has 2 aliphatic rings. The zero-order valence-electron chi connectivity index (χ0n) is 15.0. The number of hydrogen-bond donors (Lipinski definition) is 0. The molecule has 4 heterocycles. The Labute approximate surface area is 156 Å². The molecule has 7 nitrogen and oxygen atoms in total. The van der Waals surface area contributed by atoms with Crippen LogP contribution in [0, 0.1) is 0 Å². The van der Waals surface area contributed by atoms with Gasteiger partial charge in [0.15, 0.2) is 0 Å². The molecule has 0 bridgehead atoms. The molecule has 0 radical (unpaired) electrons. The van der Waals surface area contributed by atoms with Gasteiger partial charge in [0.2, 0.25) is 0 Å². The van der Waals surface area contributed by atoms with Crippen molar-refractivity contribution in [2.24, 2.45) is 0 Å². The average molecular weight is 363 g/mol. The van der Waals surface area contributed by atoms with Gasteiger partial charge in [-0.05, 0) is 25.0 Å². The molecule has 0 N–H and O–H groups in total. The minimum atomic E-state index is -0.0568. The first-order valence-electron chi connectivity index (χ1n) is 9.43. The van der Waals surface area contributed by atoms with Gasteiger partial charge in [0, 0.05) is 30.0 Å². The molecular formula is C20H21N5O2. The molecule has 3 aromatic rings. The van der Waals surface area contributed by atoms with Crippen molar-refractivity contribution in [2.45, 2.75) is 38.5 Å². The third kappa shape index (κ3) is 2.98. The van der Waals surface area contributed by atoms with Gasteiger partial charge >= 0.3 is 0 Å². The molecule has 1 atom stereocenters. The van der Waals surface area contributed by atoms with E-state index in [1.54, 1.807) is 17.1 Å². The highest BCUT2D eigenvalue weighted by Crippen LogP contribution is 2.29. The summed E-state index contributed by atoms with van der Waals surface area (Å²) in [6.45, 7) is 2.66. The van der Waals surface area contributed by atoms with E-state index >= 15 is 0 Å². The largest absolute Gasteiger partial charge is 0.376 e. The fourth-order valence-corrected chi connectivity index (χ4v) is 4.11. The Morgan fingerprint density at radius 1 is 1.22 bits per heavy atom. The molecule has 1 fully saturated rings. The number of anilines is 1. The molecular weight excluding hydrogens is 342 g/mol. The molecule has 5 rings (SSSR count). The van der Waals surface area contributed by atoms with Crippen LogP contribution in [0.2, 0.25) is 0 Å². The summed E-state index contributed by atoms with van der Waals surface area (Å²) in [5.41, 5.74) is 2.79. The van der Waals surface area contributed by atoms with Crippen LogP contribution in [-0.2, 0) is 24.3 Å². The van der Waals surface area contributed by atoms with Crippen molar-refractivity contribution in [3.05, 3.63) is 58.3 Å². The lowest BCUT2D eigenvalue weighted by Crippen LogP contribution is -2.38. The van der Waals surface area contributed by atoms with E-state index in [0.717, 1.165) is 53.8 Å². The monoisotopic (exact) mass is 363 g/mol. The lowest BCUT2D eigenvalue weighted by molar-refractivity contribution is 0.108. The summed E-state index contributed by atoms with van der Waals surface area (Å²) in [5.74, 6) is 0.947. The SMILES string of the molecule is O=c1cc2c(nn1CC1CCCN1c1ncnc3ccccc13)CCOC2. The number of fused-ring (bicyclic) bond motifs is 2. The van der Waals surface area contributed by atoms with E-state index in [2.05, 4.69) is 26.0 Å². The van der Waals surface area contributed by atoms with Crippen molar-refractivity contribution >= 4 is 16.7 Å². The molecule has 1 saturated heterocycles. The topological polar surface area (TPSA) is 73.1 Å². The quantitative estimate of drug-likeness (QED) is 0.708. The van der Waals surface area contributed by atoms with Crippen LogP contribution < -0.4 is 10.5 Å². The molecule has 2 aliphatic heterocycles. The fourth-order valence-electron chi connectivity index (χ4n) is 4.11. The summed E-state index contributed by atoms with van der Waals surface area (Å²) < 4.78 is 7.05. The molecule has 27 heavy (non-hydrogen) atoms. The molecule has 0 amide bonds. The minimum absolute atomic E-state index is 0.0568. The third-order valence-corrected chi connectivity index (χ3v) is 5.46. The number of benzene rings is 1. The highest BCUT2D eigenvalue weighted by Gasteiger charge is 2.28. The number of rotatable bonds is 3. The predicted molar refractivity (Wildman–Crippen MR) is 102 cm³/mol. The summed E-state index contributed by atoms with van der Waals surface area (Å²) in [5, 5.41) is 5.68. The second-order valence-corrected chi connectivity index (χ2v) is 7.14. The van der Waals surface area contributed by atoms with Crippen molar-refractivity contribution in [3.63, 3.8) is 0 Å². The number of hydrogen-bond acceptors (Lipinski definition) is 6. The lowest BCUT2D eigenvalue weighted by Gasteiger charge is -2.27. The van der Waals surface area contributed by atoms with Gasteiger partial charge in [0.1, 0.15) is 12.1 Å². The van der Waals surface area contributed by atoms with E-state index in [1.807, 2.05) is 18.2 Å². The summed E-state index contributed by atoms with van der Waals surface area (Å²) in [7, 11) is 0. The number of para-hydroxylation sites is 1. The number of nitrogens with zero attached hydrogens (tertiary/aromatic N) is 5. The number of aromatic nitrogens is 4. The Hall–Kier alpha value is -2.80. The first-order chi connectivity index (χ1) is 13.3. The van der Waals surface area contributed by atoms with Gasteiger partial charge in [-0.1, -0.05) is 12.1 Å². The average Bonchev–Trinajstić information content (AvgIpc) is 3.16. The standard InChI is InChI=1S/C20H21N5O2/c26-19-10-14-12-27-9-7-17(14)23-25(19)11-15-4-3-8-24(15)20-16-5-1-2-6-18(16)21-13-22-20/h1-2,5-6,10,13,15H,3-4,7-9,11-12H2. The molecule has 138 valence electrons. The van der Waals surface area contributed by atoms with Gasteiger partial charge in [0.25, 0.3) is 5.56 Å². The Bertz CT molecular complexity index is 1040. The maximum Gasteiger partial charge on any atom is 0.267 e. The summed E-state index contributed by atoms with van der Waals surface area (Å²) in [6.07, 6.45) is 4.49. The Kier molecular flexibility index (Phi) is 4.09. The van der Waals surface area contributed by atoms with Crippen molar-refractivity contribution in [3.8, 4) is 0 Å². The van der Waals surface area contributed by atoms with Gasteiger partial charge < -0.3 is 9.64 Å². The molecule has 0 saturated carbocycles. The van der Waals surface area contributed by atoms with E-state index < -0.39 is 0 Å². The van der Waals surface area contributed by atoms with E-state index in [1.165, 1.54) is 0 Å². The van der Waals surface area contributed by atoms with Gasteiger partial charge in [-0.25, -0.2) is 14.6 Å². The first-order valence-corrected chi connectivity index (χ1v) is 9.43. The van der Waals surface area contributed by atoms with Gasteiger partial charge in [-0.2, -0.15) is 5.10 Å². The van der Waals surface area contributed by atoms with E-state index in [9.17, 15) is 4.79 Å². The van der Waals surface area contributed by atoms with Crippen LogP contribution in [0.4, 0.5) is 5.82 Å². The normalized spacial score (nSPS) is 19.4. The lowest BCUT2D eigenvalue weighted by atomic mass is 10.1. The maximum absolute atomic E-state index is 12.5. The van der Waals surface area contributed by atoms with Crippen LogP contribution >= 0.6 is 0 Å². The predicted octanol–water partition coefficient (Wildman–Crippen LogP) is 1.93. The fraction of sp³-hybridized carbons (Fsp3) is 0.400. The van der Waals surface area contributed by atoms with Crippen molar-refractivity contribution in [2.75, 3.05) is 18.1 Å². The first kappa shape index (κ1) is 16.4. The van der Waals surface area contributed by atoms with Crippen LogP contribution in [0.15, 0.2) is 41.5 Å². The molecule has 1 unspecified atom stereocenters. The maximum atomic E-state index is 12.5.